The molecule has 0 spiro atoms. The topological polar surface area (TPSA) is 79.2 Å². The summed E-state index contributed by atoms with van der Waals surface area (Å²) in [4.78, 5) is 0. The Labute approximate surface area is 212 Å². The molecule has 0 fully saturated rings. The summed E-state index contributed by atoms with van der Waals surface area (Å²) in [5.74, 6) is -1.73. The summed E-state index contributed by atoms with van der Waals surface area (Å²) in [5.41, 5.74) is 2.64. The van der Waals surface area contributed by atoms with Crippen LogP contribution in [0.25, 0.3) is 0 Å². The molecule has 0 amide bonds. The number of benzene rings is 2. The van der Waals surface area contributed by atoms with E-state index in [2.05, 4.69) is 76.2 Å². The monoisotopic (exact) mass is 486 g/mol. The molecule has 35 heavy (non-hydrogen) atoms. The van der Waals surface area contributed by atoms with Crippen molar-refractivity contribution in [2.75, 3.05) is 13.2 Å². The first-order valence-corrected chi connectivity index (χ1v) is 12.5. The van der Waals surface area contributed by atoms with Gasteiger partial charge in [0.1, 0.15) is 0 Å². The summed E-state index contributed by atoms with van der Waals surface area (Å²) in [6.07, 6.45) is 0.737. The van der Waals surface area contributed by atoms with Crippen LogP contribution in [0.5, 0.6) is 0 Å². The molecule has 196 valence electrons. The van der Waals surface area contributed by atoms with Gasteiger partial charge in [0.15, 0.2) is 5.79 Å². The first-order valence-electron chi connectivity index (χ1n) is 12.5. The Bertz CT molecular complexity index is 849. The second kappa shape index (κ2) is 10.7. The van der Waals surface area contributed by atoms with E-state index in [1.165, 1.54) is 18.1 Å². The van der Waals surface area contributed by atoms with Crippen molar-refractivity contribution in [3.05, 3.63) is 70.8 Å². The van der Waals surface area contributed by atoms with E-state index in [0.29, 0.717) is 13.0 Å². The predicted molar refractivity (Wildman–Crippen MR) is 141 cm³/mol. The van der Waals surface area contributed by atoms with Gasteiger partial charge in [-0.1, -0.05) is 62.4 Å². The van der Waals surface area contributed by atoms with Gasteiger partial charge in [0.25, 0.3) is 0 Å². The lowest BCUT2D eigenvalue weighted by Crippen LogP contribution is -2.29. The van der Waals surface area contributed by atoms with E-state index in [1.54, 1.807) is 13.8 Å². The van der Waals surface area contributed by atoms with Crippen LogP contribution in [0.3, 0.4) is 0 Å². The maximum Gasteiger partial charge on any atom is 0.161 e. The van der Waals surface area contributed by atoms with Gasteiger partial charge in [-0.2, -0.15) is 0 Å². The Hall–Kier alpha value is -1.76. The fourth-order valence-electron chi connectivity index (χ4n) is 3.97. The van der Waals surface area contributed by atoms with Gasteiger partial charge in [-0.15, -0.1) is 0 Å². The largest absolute Gasteiger partial charge is 0.390 e. The van der Waals surface area contributed by atoms with E-state index in [0.717, 1.165) is 11.1 Å². The molecule has 0 heterocycles. The van der Waals surface area contributed by atoms with Crippen LogP contribution < -0.4 is 0 Å². The fraction of sp³-hybridized carbons (Fsp3) is 0.600. The van der Waals surface area contributed by atoms with Crippen molar-refractivity contribution in [2.45, 2.75) is 103 Å². The minimum Gasteiger partial charge on any atom is -0.390 e. The van der Waals surface area contributed by atoms with Gasteiger partial charge < -0.3 is 24.8 Å². The third-order valence-corrected chi connectivity index (χ3v) is 6.82. The molecule has 0 unspecified atom stereocenters. The predicted octanol–water partition coefficient (Wildman–Crippen LogP) is 5.77. The Morgan fingerprint density at radius 1 is 0.514 bits per heavy atom. The van der Waals surface area contributed by atoms with Gasteiger partial charge >= 0.3 is 0 Å². The highest BCUT2D eigenvalue weighted by Crippen LogP contribution is 2.35. The van der Waals surface area contributed by atoms with Gasteiger partial charge in [-0.25, -0.2) is 0 Å². The number of aliphatic hydroxyl groups is 3. The van der Waals surface area contributed by atoms with Crippen LogP contribution in [-0.2, 0) is 26.1 Å². The van der Waals surface area contributed by atoms with Crippen molar-refractivity contribution in [2.24, 2.45) is 0 Å². The molecule has 0 saturated heterocycles. The minimum absolute atomic E-state index is 0.152. The highest BCUT2D eigenvalue weighted by molar-refractivity contribution is 5.41. The minimum atomic E-state index is -1.73. The lowest BCUT2D eigenvalue weighted by molar-refractivity contribution is -0.167. The quantitative estimate of drug-likeness (QED) is 0.332. The van der Waals surface area contributed by atoms with Crippen LogP contribution in [0.4, 0.5) is 0 Å². The lowest BCUT2D eigenvalue weighted by Gasteiger charge is -2.31. The van der Waals surface area contributed by atoms with Gasteiger partial charge in [0, 0.05) is 11.8 Å². The molecule has 5 nitrogen and oxygen atoms in total. The highest BCUT2D eigenvalue weighted by atomic mass is 16.5. The lowest BCUT2D eigenvalue weighted by atomic mass is 9.77. The molecule has 2 rings (SSSR count). The zero-order chi connectivity index (χ0) is 26.7. The second-order valence-electron chi connectivity index (χ2n) is 12.0. The van der Waals surface area contributed by atoms with Crippen LogP contribution in [-0.4, -0.2) is 39.9 Å². The zero-order valence-corrected chi connectivity index (χ0v) is 23.1. The Balaban J connectivity index is 2.11. The van der Waals surface area contributed by atoms with Crippen LogP contribution >= 0.6 is 0 Å². The van der Waals surface area contributed by atoms with Crippen LogP contribution in [0.1, 0.15) is 97.4 Å². The third kappa shape index (κ3) is 8.69. The summed E-state index contributed by atoms with van der Waals surface area (Å²) >= 11 is 0. The summed E-state index contributed by atoms with van der Waals surface area (Å²) < 4.78 is 12.0. The van der Waals surface area contributed by atoms with Crippen molar-refractivity contribution in [3.8, 4) is 0 Å². The van der Waals surface area contributed by atoms with Gasteiger partial charge in [-0.3, -0.25) is 0 Å². The second-order valence-corrected chi connectivity index (χ2v) is 12.0. The molecule has 2 aromatic rings. The maximum atomic E-state index is 9.94. The third-order valence-electron chi connectivity index (χ3n) is 6.82. The van der Waals surface area contributed by atoms with Gasteiger partial charge in [0.2, 0.25) is 0 Å². The number of ether oxygens (including phenoxy) is 2. The summed E-state index contributed by atoms with van der Waals surface area (Å²) in [7, 11) is 0. The molecule has 0 aliphatic carbocycles. The molecule has 0 atom stereocenters. The smallest absolute Gasteiger partial charge is 0.161 e. The van der Waals surface area contributed by atoms with E-state index in [4.69, 9.17) is 9.47 Å². The van der Waals surface area contributed by atoms with Crippen LogP contribution in [0.15, 0.2) is 48.5 Å². The molecule has 5 heteroatoms. The van der Waals surface area contributed by atoms with E-state index in [1.807, 2.05) is 13.8 Å². The normalized spacial score (nSPS) is 13.8. The molecule has 0 aromatic heterocycles. The molecule has 3 N–H and O–H groups in total. The Morgan fingerprint density at radius 2 is 0.829 bits per heavy atom. The summed E-state index contributed by atoms with van der Waals surface area (Å²) in [6.45, 7) is 18.2. The molecule has 0 aliphatic rings. The zero-order valence-electron chi connectivity index (χ0n) is 23.1. The number of hydrogen-bond acceptors (Lipinski definition) is 5. The summed E-state index contributed by atoms with van der Waals surface area (Å²) in [5, 5.41) is 29.0. The van der Waals surface area contributed by atoms with Gasteiger partial charge in [-0.05, 0) is 77.1 Å². The molecular formula is C30H46O5. The maximum absolute atomic E-state index is 9.94. The Morgan fingerprint density at radius 3 is 1.14 bits per heavy atom. The SMILES string of the molecule is CC(C)(O)CCOC(C)(C)c1ccc(C(C)(C)c2ccc(C(C)(C)OCCC(C)(O)O)cc2)cc1. The highest BCUT2D eigenvalue weighted by Gasteiger charge is 2.28. The first-order chi connectivity index (χ1) is 15.8. The van der Waals surface area contributed by atoms with Gasteiger partial charge in [0.05, 0.1) is 30.0 Å². The molecular weight excluding hydrogens is 440 g/mol. The average Bonchev–Trinajstić information content (AvgIpc) is 2.71. The Kier molecular flexibility index (Phi) is 9.01. The molecule has 0 radical (unpaired) electrons. The molecule has 0 saturated carbocycles. The fourth-order valence-corrected chi connectivity index (χ4v) is 3.97. The van der Waals surface area contributed by atoms with E-state index in [-0.39, 0.29) is 18.4 Å². The van der Waals surface area contributed by atoms with Crippen molar-refractivity contribution in [3.63, 3.8) is 0 Å². The molecule has 0 bridgehead atoms. The van der Waals surface area contributed by atoms with Crippen molar-refractivity contribution < 1.29 is 24.8 Å². The average molecular weight is 487 g/mol. The van der Waals surface area contributed by atoms with Crippen LogP contribution in [0, 0.1) is 0 Å². The van der Waals surface area contributed by atoms with Crippen molar-refractivity contribution >= 4 is 0 Å². The number of rotatable bonds is 12. The van der Waals surface area contributed by atoms with Crippen molar-refractivity contribution in [1.29, 1.82) is 0 Å². The number of hydrogen-bond donors (Lipinski definition) is 3. The first kappa shape index (κ1) is 29.5. The van der Waals surface area contributed by atoms with Crippen molar-refractivity contribution in [1.82, 2.24) is 0 Å². The molecule has 0 aliphatic heterocycles. The van der Waals surface area contributed by atoms with E-state index >= 15 is 0 Å². The van der Waals surface area contributed by atoms with Crippen LogP contribution in [0.2, 0.25) is 0 Å². The van der Waals surface area contributed by atoms with E-state index < -0.39 is 22.6 Å². The van der Waals surface area contributed by atoms with E-state index in [9.17, 15) is 15.3 Å². The standard InChI is InChI=1S/C30H46O5/c1-26(2,31)18-20-34-28(5,6)24-14-10-22(11-15-24)27(3,4)23-12-16-25(17-13-23)29(7,8)35-21-19-30(9,32)33/h10-17,31-33H,18-21H2,1-9H3. The summed E-state index contributed by atoms with van der Waals surface area (Å²) in [6, 6.07) is 17.0. The molecule has 2 aromatic carbocycles.